The Hall–Kier alpha value is 0.810. The molecule has 0 aromatic rings. The Labute approximate surface area is 86.5 Å². The zero-order chi connectivity index (χ0) is 10.5. The molecule has 0 aromatic carbocycles. The number of hydrogen-bond donors (Lipinski definition) is 2. The van der Waals surface area contributed by atoms with Gasteiger partial charge in [-0.1, -0.05) is 35.4 Å². The van der Waals surface area contributed by atoms with E-state index >= 15 is 0 Å². The van der Waals surface area contributed by atoms with E-state index in [9.17, 15) is 4.57 Å². The van der Waals surface area contributed by atoms with E-state index in [2.05, 4.69) is 4.52 Å². The monoisotopic (exact) mass is 246 g/mol. The second-order valence-electron chi connectivity index (χ2n) is 2.83. The lowest BCUT2D eigenvalue weighted by Gasteiger charge is -2.18. The normalized spacial score (nSPS) is 14.9. The van der Waals surface area contributed by atoms with Gasteiger partial charge in [0, 0.05) is 5.25 Å². The molecule has 0 aliphatic rings. The van der Waals surface area contributed by atoms with E-state index in [4.69, 9.17) is 9.79 Å². The van der Waals surface area contributed by atoms with Crippen molar-refractivity contribution in [2.24, 2.45) is 5.92 Å². The van der Waals surface area contributed by atoms with Crippen molar-refractivity contribution in [2.75, 3.05) is 12.9 Å². The average molecular weight is 246 g/mol. The molecule has 0 aliphatic heterocycles. The minimum absolute atomic E-state index is 0.0907. The summed E-state index contributed by atoms with van der Waals surface area (Å²) in [5.41, 5.74) is 0. The molecule has 0 unspecified atom stereocenters. The zero-order valence-corrected chi connectivity index (χ0v) is 10.4. The van der Waals surface area contributed by atoms with E-state index in [1.807, 2.05) is 20.1 Å². The summed E-state index contributed by atoms with van der Waals surface area (Å²) in [5.74, 6) is 0.337. The Bertz CT molecular complexity index is 181. The third kappa shape index (κ3) is 7.85. The fourth-order valence-electron chi connectivity index (χ4n) is 0.625. The highest BCUT2D eigenvalue weighted by Crippen LogP contribution is 2.38. The van der Waals surface area contributed by atoms with E-state index in [1.165, 1.54) is 0 Å². The van der Waals surface area contributed by atoms with Crippen LogP contribution in [0.25, 0.3) is 0 Å². The molecule has 0 amide bonds. The van der Waals surface area contributed by atoms with E-state index in [0.717, 1.165) is 0 Å². The van der Waals surface area contributed by atoms with Gasteiger partial charge in [0.05, 0.1) is 6.61 Å². The SMILES string of the molecule is CSS[C@@H](COP(=O)(O)O)C(C)C. The summed E-state index contributed by atoms with van der Waals surface area (Å²) in [5, 5.41) is 0.114. The molecule has 0 aromatic heterocycles. The molecule has 4 nitrogen and oxygen atoms in total. The van der Waals surface area contributed by atoms with Crippen LogP contribution in [0, 0.1) is 5.92 Å². The molecule has 0 saturated carbocycles. The number of phosphoric ester groups is 1. The largest absolute Gasteiger partial charge is 0.469 e. The lowest BCUT2D eigenvalue weighted by atomic mass is 10.1. The summed E-state index contributed by atoms with van der Waals surface area (Å²) >= 11 is 0. The van der Waals surface area contributed by atoms with Crippen LogP contribution >= 0.6 is 29.4 Å². The molecular weight excluding hydrogens is 231 g/mol. The van der Waals surface area contributed by atoms with Crippen LogP contribution in [0.15, 0.2) is 0 Å². The van der Waals surface area contributed by atoms with E-state index in [0.29, 0.717) is 5.92 Å². The van der Waals surface area contributed by atoms with Gasteiger partial charge in [0.1, 0.15) is 0 Å². The first-order valence-electron chi connectivity index (χ1n) is 3.76. The van der Waals surface area contributed by atoms with Crippen molar-refractivity contribution in [3.8, 4) is 0 Å². The average Bonchev–Trinajstić information content (AvgIpc) is 1.95. The molecule has 7 heteroatoms. The lowest BCUT2D eigenvalue weighted by Crippen LogP contribution is -2.16. The Morgan fingerprint density at radius 1 is 1.46 bits per heavy atom. The van der Waals surface area contributed by atoms with Gasteiger partial charge in [-0.25, -0.2) is 4.57 Å². The molecule has 0 heterocycles. The van der Waals surface area contributed by atoms with E-state index in [-0.39, 0.29) is 11.9 Å². The van der Waals surface area contributed by atoms with Crippen LogP contribution < -0.4 is 0 Å². The topological polar surface area (TPSA) is 66.8 Å². The van der Waals surface area contributed by atoms with E-state index < -0.39 is 7.82 Å². The van der Waals surface area contributed by atoms with Crippen LogP contribution in [0.5, 0.6) is 0 Å². The molecule has 80 valence electrons. The second kappa shape index (κ2) is 6.32. The van der Waals surface area contributed by atoms with Gasteiger partial charge >= 0.3 is 7.82 Å². The van der Waals surface area contributed by atoms with Crippen molar-refractivity contribution in [1.29, 1.82) is 0 Å². The zero-order valence-electron chi connectivity index (χ0n) is 7.84. The van der Waals surface area contributed by atoms with Crippen LogP contribution in [-0.2, 0) is 9.09 Å². The second-order valence-corrected chi connectivity index (χ2v) is 6.78. The van der Waals surface area contributed by atoms with Crippen molar-refractivity contribution in [1.82, 2.24) is 0 Å². The third-order valence-corrected chi connectivity index (χ3v) is 4.29. The third-order valence-electron chi connectivity index (χ3n) is 1.37. The van der Waals surface area contributed by atoms with Crippen LogP contribution in [0.3, 0.4) is 0 Å². The Kier molecular flexibility index (Phi) is 6.72. The molecule has 0 aliphatic carbocycles. The Morgan fingerprint density at radius 3 is 2.31 bits per heavy atom. The van der Waals surface area contributed by atoms with Gasteiger partial charge in [-0.2, -0.15) is 0 Å². The van der Waals surface area contributed by atoms with Gasteiger partial charge < -0.3 is 9.79 Å². The molecular formula is C6H15O4PS2. The van der Waals surface area contributed by atoms with Gasteiger partial charge in [-0.15, -0.1) is 0 Å². The first kappa shape index (κ1) is 13.8. The standard InChI is InChI=1S/C6H15O4PS2/c1-5(2)6(13-12-3)4-10-11(7,8)9/h5-6H,4H2,1-3H3,(H2,7,8,9)/t6-/m0/s1. The van der Waals surface area contributed by atoms with Gasteiger partial charge in [0.15, 0.2) is 0 Å². The fraction of sp³-hybridized carbons (Fsp3) is 1.00. The highest BCUT2D eigenvalue weighted by atomic mass is 33.1. The quantitative estimate of drug-likeness (QED) is 0.553. The fourth-order valence-corrected chi connectivity index (χ4v) is 3.25. The molecule has 0 radical (unpaired) electrons. The van der Waals surface area contributed by atoms with Gasteiger partial charge in [-0.3, -0.25) is 4.52 Å². The summed E-state index contributed by atoms with van der Waals surface area (Å²) in [4.78, 5) is 17.0. The minimum Gasteiger partial charge on any atom is -0.303 e. The van der Waals surface area contributed by atoms with Crippen LogP contribution in [-0.4, -0.2) is 27.9 Å². The Morgan fingerprint density at radius 2 is 2.00 bits per heavy atom. The smallest absolute Gasteiger partial charge is 0.303 e. The predicted octanol–water partition coefficient (Wildman–Crippen LogP) is 2.13. The van der Waals surface area contributed by atoms with E-state index in [1.54, 1.807) is 21.6 Å². The summed E-state index contributed by atoms with van der Waals surface area (Å²) in [6.45, 7) is 4.08. The highest BCUT2D eigenvalue weighted by molar-refractivity contribution is 8.76. The van der Waals surface area contributed by atoms with Gasteiger partial charge in [0.25, 0.3) is 0 Å². The van der Waals surface area contributed by atoms with Crippen molar-refractivity contribution in [3.63, 3.8) is 0 Å². The molecule has 2 N–H and O–H groups in total. The van der Waals surface area contributed by atoms with Crippen molar-refractivity contribution in [3.05, 3.63) is 0 Å². The van der Waals surface area contributed by atoms with Crippen molar-refractivity contribution < 1.29 is 18.9 Å². The summed E-state index contributed by atoms with van der Waals surface area (Å²) in [6, 6.07) is 0. The molecule has 0 spiro atoms. The minimum atomic E-state index is -4.31. The van der Waals surface area contributed by atoms with Crippen molar-refractivity contribution in [2.45, 2.75) is 19.1 Å². The van der Waals surface area contributed by atoms with Crippen molar-refractivity contribution >= 4 is 29.4 Å². The summed E-state index contributed by atoms with van der Waals surface area (Å²) in [6.07, 6.45) is 1.93. The number of rotatable bonds is 6. The molecule has 0 saturated heterocycles. The summed E-state index contributed by atoms with van der Waals surface area (Å²) < 4.78 is 14.9. The molecule has 0 bridgehead atoms. The molecule has 0 fully saturated rings. The maximum absolute atomic E-state index is 10.4. The van der Waals surface area contributed by atoms with Crippen LogP contribution in [0.1, 0.15) is 13.8 Å². The van der Waals surface area contributed by atoms with Crippen LogP contribution in [0.4, 0.5) is 0 Å². The Balaban J connectivity index is 3.90. The maximum atomic E-state index is 10.4. The predicted molar refractivity (Wildman–Crippen MR) is 57.7 cm³/mol. The van der Waals surface area contributed by atoms with Gasteiger partial charge in [0.2, 0.25) is 0 Å². The number of phosphoric acid groups is 1. The maximum Gasteiger partial charge on any atom is 0.469 e. The first-order chi connectivity index (χ1) is 5.87. The highest BCUT2D eigenvalue weighted by Gasteiger charge is 2.20. The molecule has 1 atom stereocenters. The molecule has 13 heavy (non-hydrogen) atoms. The summed E-state index contributed by atoms with van der Waals surface area (Å²) in [7, 11) is -1.16. The first-order valence-corrected chi connectivity index (χ1v) is 7.91. The lowest BCUT2D eigenvalue weighted by molar-refractivity contribution is 0.191. The van der Waals surface area contributed by atoms with Gasteiger partial charge in [-0.05, 0) is 12.2 Å². The molecule has 0 rings (SSSR count). The van der Waals surface area contributed by atoms with Crippen LogP contribution in [0.2, 0.25) is 0 Å². The number of hydrogen-bond acceptors (Lipinski definition) is 4.